The first-order valence-corrected chi connectivity index (χ1v) is 6.58. The lowest BCUT2D eigenvalue weighted by atomic mass is 10.2. The predicted molar refractivity (Wildman–Crippen MR) is 73.1 cm³/mol. The first kappa shape index (κ1) is 17.7. The molecule has 0 aliphatic carbocycles. The third-order valence-electron chi connectivity index (χ3n) is 2.65. The van der Waals surface area contributed by atoms with Crippen LogP contribution in [0.25, 0.3) is 0 Å². The summed E-state index contributed by atoms with van der Waals surface area (Å²) in [7, 11) is 1.50. The van der Waals surface area contributed by atoms with Gasteiger partial charge in [-0.3, -0.25) is 0 Å². The molecule has 0 rings (SSSR count). The highest BCUT2D eigenvalue weighted by molar-refractivity contribution is 5.82. The van der Waals surface area contributed by atoms with E-state index in [1.807, 2.05) is 27.7 Å². The van der Waals surface area contributed by atoms with E-state index in [9.17, 15) is 9.59 Å². The second kappa shape index (κ2) is 8.74. The van der Waals surface area contributed by atoms with Gasteiger partial charge in [-0.2, -0.15) is 0 Å². The molecule has 1 unspecified atom stereocenters. The van der Waals surface area contributed by atoms with Gasteiger partial charge < -0.3 is 20.1 Å². The summed E-state index contributed by atoms with van der Waals surface area (Å²) in [6.07, 6.45) is 0.255. The highest BCUT2D eigenvalue weighted by Gasteiger charge is 2.24. The van der Waals surface area contributed by atoms with Crippen LogP contribution in [0, 0.1) is 5.92 Å². The molecule has 0 saturated heterocycles. The molecule has 0 aliphatic heterocycles. The number of ether oxygens (including phenoxy) is 1. The van der Waals surface area contributed by atoms with Crippen molar-refractivity contribution in [2.24, 2.45) is 5.92 Å². The fraction of sp³-hybridized carbons (Fsp3) is 0.846. The summed E-state index contributed by atoms with van der Waals surface area (Å²) in [5, 5.41) is 11.6. The molecule has 0 aromatic heterocycles. The molecule has 112 valence electrons. The molecule has 2 N–H and O–H groups in total. The molecular weight excluding hydrogens is 248 g/mol. The van der Waals surface area contributed by atoms with Crippen LogP contribution in [-0.4, -0.2) is 54.4 Å². The molecule has 0 radical (unpaired) electrons. The van der Waals surface area contributed by atoms with Crippen molar-refractivity contribution in [3.63, 3.8) is 0 Å². The number of carboxylic acid groups (broad SMARTS) is 1. The molecule has 6 nitrogen and oxygen atoms in total. The van der Waals surface area contributed by atoms with Gasteiger partial charge in [0, 0.05) is 32.7 Å². The average molecular weight is 274 g/mol. The van der Waals surface area contributed by atoms with Crippen molar-refractivity contribution in [1.82, 2.24) is 10.2 Å². The molecule has 0 heterocycles. The monoisotopic (exact) mass is 274 g/mol. The highest BCUT2D eigenvalue weighted by atomic mass is 16.5. The lowest BCUT2D eigenvalue weighted by Crippen LogP contribution is -2.51. The largest absolute Gasteiger partial charge is 0.480 e. The molecule has 0 aromatic rings. The summed E-state index contributed by atoms with van der Waals surface area (Å²) in [6, 6.07) is -1.23. The van der Waals surface area contributed by atoms with Gasteiger partial charge >= 0.3 is 12.0 Å². The number of carboxylic acids is 1. The third kappa shape index (κ3) is 7.00. The fourth-order valence-corrected chi connectivity index (χ4v) is 1.65. The fourth-order valence-electron chi connectivity index (χ4n) is 1.65. The Hall–Kier alpha value is -1.30. The van der Waals surface area contributed by atoms with Crippen LogP contribution >= 0.6 is 0 Å². The predicted octanol–water partition coefficient (Wildman–Crippen LogP) is 1.55. The zero-order chi connectivity index (χ0) is 15.0. The van der Waals surface area contributed by atoms with E-state index in [1.165, 1.54) is 7.11 Å². The molecule has 2 amide bonds. The third-order valence-corrected chi connectivity index (χ3v) is 2.65. The first-order chi connectivity index (χ1) is 8.79. The average Bonchev–Trinajstić information content (AvgIpc) is 2.30. The van der Waals surface area contributed by atoms with Gasteiger partial charge in [0.25, 0.3) is 0 Å². The SMILES string of the molecule is COCCC(NC(=O)N(CC(C)C)C(C)C)C(=O)O. The van der Waals surface area contributed by atoms with Crippen molar-refractivity contribution in [2.75, 3.05) is 20.3 Å². The van der Waals surface area contributed by atoms with Crippen molar-refractivity contribution < 1.29 is 19.4 Å². The number of nitrogens with zero attached hydrogens (tertiary/aromatic N) is 1. The van der Waals surface area contributed by atoms with Crippen molar-refractivity contribution in [3.8, 4) is 0 Å². The minimum atomic E-state index is -1.04. The standard InChI is InChI=1S/C13H26N2O4/c1-9(2)8-15(10(3)4)13(18)14-11(12(16)17)6-7-19-5/h9-11H,6-8H2,1-5H3,(H,14,18)(H,16,17). The van der Waals surface area contributed by atoms with E-state index in [0.29, 0.717) is 19.1 Å². The molecular formula is C13H26N2O4. The molecule has 6 heteroatoms. The number of carbonyl (C=O) groups excluding carboxylic acids is 1. The molecule has 0 bridgehead atoms. The summed E-state index contributed by atoms with van der Waals surface area (Å²) in [6.45, 7) is 8.74. The highest BCUT2D eigenvalue weighted by Crippen LogP contribution is 2.06. The van der Waals surface area contributed by atoms with Crippen LogP contribution in [0.5, 0.6) is 0 Å². The summed E-state index contributed by atoms with van der Waals surface area (Å²) < 4.78 is 4.85. The van der Waals surface area contributed by atoms with Gasteiger partial charge in [-0.25, -0.2) is 9.59 Å². The lowest BCUT2D eigenvalue weighted by Gasteiger charge is -2.30. The first-order valence-electron chi connectivity index (χ1n) is 6.58. The van der Waals surface area contributed by atoms with Gasteiger partial charge in [0.15, 0.2) is 0 Å². The number of aliphatic carboxylic acids is 1. The minimum Gasteiger partial charge on any atom is -0.480 e. The quantitative estimate of drug-likeness (QED) is 0.704. The Morgan fingerprint density at radius 2 is 1.84 bits per heavy atom. The van der Waals surface area contributed by atoms with Crippen LogP contribution < -0.4 is 5.32 Å². The smallest absolute Gasteiger partial charge is 0.326 e. The molecule has 0 aromatic carbocycles. The van der Waals surface area contributed by atoms with Gasteiger partial charge in [-0.1, -0.05) is 13.8 Å². The van der Waals surface area contributed by atoms with E-state index < -0.39 is 12.0 Å². The zero-order valence-electron chi connectivity index (χ0n) is 12.5. The molecule has 0 saturated carbocycles. The molecule has 0 aliphatic rings. The van der Waals surface area contributed by atoms with Crippen molar-refractivity contribution in [3.05, 3.63) is 0 Å². The summed E-state index contributed by atoms with van der Waals surface area (Å²) >= 11 is 0. The van der Waals surface area contributed by atoms with Gasteiger partial charge in [-0.15, -0.1) is 0 Å². The molecule has 19 heavy (non-hydrogen) atoms. The maximum atomic E-state index is 12.1. The van der Waals surface area contributed by atoms with Crippen molar-refractivity contribution >= 4 is 12.0 Å². The minimum absolute atomic E-state index is 0.0271. The number of hydrogen-bond donors (Lipinski definition) is 2. The zero-order valence-corrected chi connectivity index (χ0v) is 12.5. The number of carbonyl (C=O) groups is 2. The van der Waals surface area contributed by atoms with Gasteiger partial charge in [0.05, 0.1) is 0 Å². The summed E-state index contributed by atoms with van der Waals surface area (Å²) in [4.78, 5) is 24.8. The number of methoxy groups -OCH3 is 1. The van der Waals surface area contributed by atoms with Gasteiger partial charge in [-0.05, 0) is 19.8 Å². The number of nitrogens with one attached hydrogen (secondary N) is 1. The second-order valence-electron chi connectivity index (χ2n) is 5.26. The van der Waals surface area contributed by atoms with Crippen LogP contribution in [0.15, 0.2) is 0 Å². The molecule has 0 spiro atoms. The van der Waals surface area contributed by atoms with E-state index in [2.05, 4.69) is 5.32 Å². The van der Waals surface area contributed by atoms with E-state index in [4.69, 9.17) is 9.84 Å². The number of urea groups is 1. The number of hydrogen-bond acceptors (Lipinski definition) is 3. The topological polar surface area (TPSA) is 78.9 Å². The Labute approximate surface area is 115 Å². The van der Waals surface area contributed by atoms with E-state index in [1.54, 1.807) is 4.90 Å². The van der Waals surface area contributed by atoms with Gasteiger partial charge in [0.1, 0.15) is 6.04 Å². The Morgan fingerprint density at radius 1 is 1.26 bits per heavy atom. The normalized spacial score (nSPS) is 12.6. The number of amides is 2. The van der Waals surface area contributed by atoms with Crippen molar-refractivity contribution in [1.29, 1.82) is 0 Å². The lowest BCUT2D eigenvalue weighted by molar-refractivity contribution is -0.139. The Bertz CT molecular complexity index is 292. The van der Waals surface area contributed by atoms with E-state index in [0.717, 1.165) is 0 Å². The maximum Gasteiger partial charge on any atom is 0.326 e. The summed E-state index contributed by atoms with van der Waals surface area (Å²) in [5.74, 6) is -0.714. The summed E-state index contributed by atoms with van der Waals surface area (Å²) in [5.41, 5.74) is 0. The van der Waals surface area contributed by atoms with Crippen LogP contribution in [0.2, 0.25) is 0 Å². The van der Waals surface area contributed by atoms with E-state index in [-0.39, 0.29) is 18.5 Å². The van der Waals surface area contributed by atoms with Crippen LogP contribution in [-0.2, 0) is 9.53 Å². The molecule has 0 fully saturated rings. The second-order valence-corrected chi connectivity index (χ2v) is 5.26. The Morgan fingerprint density at radius 3 is 2.21 bits per heavy atom. The van der Waals surface area contributed by atoms with Gasteiger partial charge in [0.2, 0.25) is 0 Å². The Balaban J connectivity index is 4.61. The maximum absolute atomic E-state index is 12.1. The Kier molecular flexibility index (Phi) is 8.14. The molecule has 1 atom stereocenters. The van der Waals surface area contributed by atoms with Crippen molar-refractivity contribution in [2.45, 2.75) is 46.2 Å². The van der Waals surface area contributed by atoms with Crippen LogP contribution in [0.3, 0.4) is 0 Å². The van der Waals surface area contributed by atoms with Crippen LogP contribution in [0.1, 0.15) is 34.1 Å². The number of rotatable bonds is 8. The van der Waals surface area contributed by atoms with Crippen LogP contribution in [0.4, 0.5) is 4.79 Å². The van der Waals surface area contributed by atoms with E-state index >= 15 is 0 Å².